The SMILES string of the molecule is O=C([C@H](O)c1cccc(C(F)(F)F)c1)N1CCc2nc(C3(c4cncc(-c5ccccc5)c4)CC3)[nH]c(=O)c2C1. The van der Waals surface area contributed by atoms with Crippen molar-refractivity contribution in [3.63, 3.8) is 0 Å². The van der Waals surface area contributed by atoms with Crippen LogP contribution in [0.2, 0.25) is 0 Å². The molecule has 0 radical (unpaired) electrons. The van der Waals surface area contributed by atoms with Gasteiger partial charge in [-0.25, -0.2) is 4.98 Å². The molecular weight excluding hydrogens is 521 g/mol. The van der Waals surface area contributed by atoms with E-state index in [0.29, 0.717) is 17.1 Å². The summed E-state index contributed by atoms with van der Waals surface area (Å²) < 4.78 is 39.3. The van der Waals surface area contributed by atoms with E-state index in [1.165, 1.54) is 11.0 Å². The number of nitrogens with zero attached hydrogens (tertiary/aromatic N) is 3. The van der Waals surface area contributed by atoms with Crippen LogP contribution in [0.3, 0.4) is 0 Å². The number of pyridine rings is 1. The van der Waals surface area contributed by atoms with Gasteiger partial charge in [-0.05, 0) is 47.7 Å². The fourth-order valence-corrected chi connectivity index (χ4v) is 5.32. The van der Waals surface area contributed by atoms with E-state index in [1.54, 1.807) is 12.4 Å². The minimum atomic E-state index is -4.60. The van der Waals surface area contributed by atoms with Crippen molar-refractivity contribution in [2.75, 3.05) is 6.54 Å². The Morgan fingerprint density at radius 1 is 1.02 bits per heavy atom. The van der Waals surface area contributed by atoms with Crippen molar-refractivity contribution in [2.45, 2.75) is 43.5 Å². The lowest BCUT2D eigenvalue weighted by atomic mass is 9.93. The number of aliphatic hydroxyl groups is 1. The van der Waals surface area contributed by atoms with Crippen molar-refractivity contribution in [3.8, 4) is 11.1 Å². The summed E-state index contributed by atoms with van der Waals surface area (Å²) >= 11 is 0. The van der Waals surface area contributed by atoms with Crippen LogP contribution in [0.5, 0.6) is 0 Å². The van der Waals surface area contributed by atoms with E-state index in [-0.39, 0.29) is 30.6 Å². The van der Waals surface area contributed by atoms with Crippen molar-refractivity contribution in [1.29, 1.82) is 0 Å². The molecule has 2 aliphatic rings. The molecule has 40 heavy (non-hydrogen) atoms. The van der Waals surface area contributed by atoms with Crippen LogP contribution in [0.25, 0.3) is 11.1 Å². The number of nitrogens with one attached hydrogen (secondary N) is 1. The zero-order chi connectivity index (χ0) is 28.1. The summed E-state index contributed by atoms with van der Waals surface area (Å²) in [5, 5.41) is 10.6. The van der Waals surface area contributed by atoms with Gasteiger partial charge in [-0.3, -0.25) is 14.6 Å². The molecule has 1 aliphatic carbocycles. The Morgan fingerprint density at radius 3 is 2.52 bits per heavy atom. The number of hydrogen-bond donors (Lipinski definition) is 2. The molecule has 2 N–H and O–H groups in total. The van der Waals surface area contributed by atoms with E-state index in [1.807, 2.05) is 30.3 Å². The number of fused-ring (bicyclic) bond motifs is 1. The molecule has 2 aromatic carbocycles. The predicted molar refractivity (Wildman–Crippen MR) is 140 cm³/mol. The lowest BCUT2D eigenvalue weighted by Gasteiger charge is -2.30. The maximum atomic E-state index is 13.2. The van der Waals surface area contributed by atoms with Gasteiger partial charge in [-0.2, -0.15) is 13.2 Å². The van der Waals surface area contributed by atoms with Crippen molar-refractivity contribution in [2.24, 2.45) is 0 Å². The summed E-state index contributed by atoms with van der Waals surface area (Å²) in [4.78, 5) is 39.7. The van der Waals surface area contributed by atoms with E-state index in [4.69, 9.17) is 4.98 Å². The van der Waals surface area contributed by atoms with E-state index in [2.05, 4.69) is 16.0 Å². The number of H-pyrrole nitrogens is 1. The highest BCUT2D eigenvalue weighted by Crippen LogP contribution is 2.52. The Kier molecular flexibility index (Phi) is 6.29. The van der Waals surface area contributed by atoms with E-state index in [0.717, 1.165) is 47.7 Å². The summed E-state index contributed by atoms with van der Waals surface area (Å²) in [6, 6.07) is 16.0. The first-order valence-corrected chi connectivity index (χ1v) is 12.9. The highest BCUT2D eigenvalue weighted by atomic mass is 19.4. The van der Waals surface area contributed by atoms with Gasteiger partial charge in [0.2, 0.25) is 0 Å². The summed E-state index contributed by atoms with van der Waals surface area (Å²) in [7, 11) is 0. The zero-order valence-corrected chi connectivity index (χ0v) is 21.3. The Bertz CT molecular complexity index is 1650. The third-order valence-electron chi connectivity index (χ3n) is 7.75. The number of aliphatic hydroxyl groups excluding tert-OH is 1. The minimum absolute atomic E-state index is 0.0924. The third-order valence-corrected chi connectivity index (χ3v) is 7.75. The van der Waals surface area contributed by atoms with Crippen molar-refractivity contribution >= 4 is 5.91 Å². The molecule has 0 unspecified atom stereocenters. The maximum absolute atomic E-state index is 13.2. The number of hydrogen-bond acceptors (Lipinski definition) is 5. The van der Waals surface area contributed by atoms with Gasteiger partial charge in [-0.1, -0.05) is 42.5 Å². The Hall–Kier alpha value is -4.31. The topological polar surface area (TPSA) is 99.2 Å². The van der Waals surface area contributed by atoms with Crippen LogP contribution in [0, 0.1) is 0 Å². The van der Waals surface area contributed by atoms with Gasteiger partial charge in [0.15, 0.2) is 6.10 Å². The largest absolute Gasteiger partial charge is 0.416 e. The lowest BCUT2D eigenvalue weighted by molar-refractivity contribution is -0.142. The molecule has 0 saturated heterocycles. The first kappa shape index (κ1) is 25.9. The molecule has 10 heteroatoms. The fraction of sp³-hybridized carbons (Fsp3) is 0.267. The number of carbonyl (C=O) groups excluding carboxylic acids is 1. The van der Waals surface area contributed by atoms with Gasteiger partial charge >= 0.3 is 6.18 Å². The monoisotopic (exact) mass is 546 g/mol. The minimum Gasteiger partial charge on any atom is -0.378 e. The van der Waals surface area contributed by atoms with Crippen LogP contribution in [0.15, 0.2) is 77.9 Å². The Balaban J connectivity index is 1.24. The molecule has 6 rings (SSSR count). The Morgan fingerprint density at radius 2 is 1.80 bits per heavy atom. The smallest absolute Gasteiger partial charge is 0.378 e. The van der Waals surface area contributed by atoms with Gasteiger partial charge in [-0.15, -0.1) is 0 Å². The van der Waals surface area contributed by atoms with E-state index < -0.39 is 29.2 Å². The number of halogens is 3. The third kappa shape index (κ3) is 4.68. The normalized spacial score (nSPS) is 16.8. The number of alkyl halides is 3. The van der Waals surface area contributed by atoms with Gasteiger partial charge < -0.3 is 15.0 Å². The van der Waals surface area contributed by atoms with Crippen LogP contribution in [-0.2, 0) is 29.4 Å². The van der Waals surface area contributed by atoms with Crippen LogP contribution in [-0.4, -0.2) is 37.4 Å². The molecule has 2 aromatic heterocycles. The molecule has 0 spiro atoms. The first-order valence-electron chi connectivity index (χ1n) is 12.9. The molecule has 0 bridgehead atoms. The molecule has 1 saturated carbocycles. The van der Waals surface area contributed by atoms with Gasteiger partial charge in [0.1, 0.15) is 5.82 Å². The van der Waals surface area contributed by atoms with Gasteiger partial charge in [0.05, 0.1) is 28.8 Å². The van der Waals surface area contributed by atoms with Gasteiger partial charge in [0.25, 0.3) is 11.5 Å². The fourth-order valence-electron chi connectivity index (χ4n) is 5.32. The second-order valence-electron chi connectivity index (χ2n) is 10.3. The second kappa shape index (κ2) is 9.71. The molecule has 1 aliphatic heterocycles. The predicted octanol–water partition coefficient (Wildman–Crippen LogP) is 4.55. The van der Waals surface area contributed by atoms with Crippen molar-refractivity contribution in [1.82, 2.24) is 19.9 Å². The van der Waals surface area contributed by atoms with Crippen LogP contribution in [0.1, 0.15) is 52.7 Å². The molecule has 1 fully saturated rings. The van der Waals surface area contributed by atoms with Crippen molar-refractivity contribution < 1.29 is 23.1 Å². The quantitative estimate of drug-likeness (QED) is 0.383. The number of aromatic amines is 1. The second-order valence-corrected chi connectivity index (χ2v) is 10.3. The number of carbonyl (C=O) groups is 1. The molecule has 1 amide bonds. The lowest BCUT2D eigenvalue weighted by Crippen LogP contribution is -2.42. The molecule has 204 valence electrons. The average molecular weight is 547 g/mol. The molecular formula is C30H25F3N4O3. The first-order chi connectivity index (χ1) is 19.2. The molecule has 3 heterocycles. The molecule has 7 nitrogen and oxygen atoms in total. The van der Waals surface area contributed by atoms with Crippen LogP contribution in [0.4, 0.5) is 13.2 Å². The molecule has 4 aromatic rings. The van der Waals surface area contributed by atoms with Crippen molar-refractivity contribution in [3.05, 3.63) is 117 Å². The van der Waals surface area contributed by atoms with E-state index in [9.17, 15) is 27.9 Å². The summed E-state index contributed by atoms with van der Waals surface area (Å²) in [6.07, 6.45) is -0.881. The number of aromatic nitrogens is 3. The average Bonchev–Trinajstić information content (AvgIpc) is 3.79. The number of benzene rings is 2. The van der Waals surface area contributed by atoms with Crippen LogP contribution >= 0.6 is 0 Å². The van der Waals surface area contributed by atoms with Gasteiger partial charge in [0, 0.05) is 30.9 Å². The number of rotatable bonds is 5. The van der Waals surface area contributed by atoms with E-state index >= 15 is 0 Å². The zero-order valence-electron chi connectivity index (χ0n) is 21.3. The summed E-state index contributed by atoms with van der Waals surface area (Å²) in [5.74, 6) is -0.206. The molecule has 1 atom stereocenters. The summed E-state index contributed by atoms with van der Waals surface area (Å²) in [6.45, 7) is 0.0840. The Labute approximate surface area is 227 Å². The van der Waals surface area contributed by atoms with Crippen LogP contribution < -0.4 is 5.56 Å². The maximum Gasteiger partial charge on any atom is 0.416 e. The highest BCUT2D eigenvalue weighted by Gasteiger charge is 2.49. The number of amides is 1. The summed E-state index contributed by atoms with van der Waals surface area (Å²) in [5.41, 5.74) is 1.94. The standard InChI is InChI=1S/C30H25F3N4O3/c31-30(32,33)21-8-4-7-19(13-21)25(38)27(40)37-12-9-24-23(17-37)26(39)36-28(35-24)29(10-11-29)22-14-20(15-34-16-22)18-5-2-1-3-6-18/h1-8,13-16,25,38H,9-12,17H2,(H,35,36,39)/t25-/m1/s1. The highest BCUT2D eigenvalue weighted by molar-refractivity contribution is 5.82.